The molecule has 0 bridgehead atoms. The van der Waals surface area contributed by atoms with E-state index in [1.165, 1.54) is 0 Å². The van der Waals surface area contributed by atoms with Crippen LogP contribution in [0.4, 0.5) is 4.79 Å². The van der Waals surface area contributed by atoms with Gasteiger partial charge in [0.2, 0.25) is 0 Å². The van der Waals surface area contributed by atoms with Gasteiger partial charge in [-0.3, -0.25) is 5.43 Å². The van der Waals surface area contributed by atoms with Gasteiger partial charge in [-0.15, -0.1) is 0 Å². The van der Waals surface area contributed by atoms with E-state index in [2.05, 4.69) is 10.9 Å². The molecule has 1 heterocycles. The van der Waals surface area contributed by atoms with Crippen LogP contribution in [0, 0.1) is 0 Å². The Balaban J connectivity index is 2.15. The molecule has 88 valence electrons. The molecule has 0 radical (unpaired) electrons. The molecule has 1 fully saturated rings. The van der Waals surface area contributed by atoms with E-state index in [9.17, 15) is 4.79 Å². The molecular formula is C10H20N2O2S. The summed E-state index contributed by atoms with van der Waals surface area (Å²) in [6.45, 7) is 5.55. The predicted molar refractivity (Wildman–Crippen MR) is 62.9 cm³/mol. The van der Waals surface area contributed by atoms with Crippen LogP contribution < -0.4 is 10.9 Å². The summed E-state index contributed by atoms with van der Waals surface area (Å²) in [5.74, 6) is 2.32. The van der Waals surface area contributed by atoms with Gasteiger partial charge in [-0.25, -0.2) is 10.2 Å². The first-order valence-corrected chi connectivity index (χ1v) is 6.45. The zero-order chi connectivity index (χ0) is 11.3. The van der Waals surface area contributed by atoms with Crippen molar-refractivity contribution in [2.24, 2.45) is 0 Å². The van der Waals surface area contributed by atoms with Crippen molar-refractivity contribution in [3.63, 3.8) is 0 Å². The molecule has 1 amide bonds. The number of hydrogen-bond acceptors (Lipinski definition) is 4. The van der Waals surface area contributed by atoms with Crippen LogP contribution in [-0.2, 0) is 4.74 Å². The summed E-state index contributed by atoms with van der Waals surface area (Å²) in [5.41, 5.74) is 5.16. The molecule has 1 aliphatic heterocycles. The maximum atomic E-state index is 11.3. The first kappa shape index (κ1) is 12.6. The molecular weight excluding hydrogens is 212 g/mol. The molecule has 1 saturated heterocycles. The number of carbonyl (C=O) groups is 1. The normalized spacial score (nSPS) is 18.6. The van der Waals surface area contributed by atoms with Gasteiger partial charge in [-0.05, 0) is 45.1 Å². The minimum atomic E-state index is -0.436. The second-order valence-electron chi connectivity index (χ2n) is 4.66. The molecule has 1 aliphatic rings. The molecule has 2 N–H and O–H groups in total. The maximum absolute atomic E-state index is 11.3. The van der Waals surface area contributed by atoms with E-state index in [-0.39, 0.29) is 0 Å². The fourth-order valence-corrected chi connectivity index (χ4v) is 2.41. The van der Waals surface area contributed by atoms with E-state index in [0.717, 1.165) is 24.3 Å². The van der Waals surface area contributed by atoms with Crippen LogP contribution in [-0.4, -0.2) is 29.2 Å². The highest BCUT2D eigenvalue weighted by Crippen LogP contribution is 2.16. The zero-order valence-corrected chi connectivity index (χ0v) is 10.4. The van der Waals surface area contributed by atoms with Crippen LogP contribution in [0.3, 0.4) is 0 Å². The van der Waals surface area contributed by atoms with Crippen LogP contribution in [0.2, 0.25) is 0 Å². The molecule has 0 aromatic heterocycles. The van der Waals surface area contributed by atoms with Crippen molar-refractivity contribution < 1.29 is 9.53 Å². The highest BCUT2D eigenvalue weighted by molar-refractivity contribution is 7.99. The third-order valence-electron chi connectivity index (χ3n) is 2.00. The van der Waals surface area contributed by atoms with E-state index < -0.39 is 11.7 Å². The van der Waals surface area contributed by atoms with Gasteiger partial charge >= 0.3 is 6.09 Å². The third-order valence-corrected chi connectivity index (χ3v) is 3.05. The summed E-state index contributed by atoms with van der Waals surface area (Å²) in [7, 11) is 0. The van der Waals surface area contributed by atoms with Crippen LogP contribution in [0.1, 0.15) is 33.6 Å². The van der Waals surface area contributed by atoms with Crippen LogP contribution in [0.15, 0.2) is 0 Å². The van der Waals surface area contributed by atoms with Gasteiger partial charge in [0, 0.05) is 6.04 Å². The van der Waals surface area contributed by atoms with Crippen molar-refractivity contribution in [3.8, 4) is 0 Å². The molecule has 0 aromatic rings. The first-order chi connectivity index (χ1) is 6.97. The van der Waals surface area contributed by atoms with Crippen molar-refractivity contribution in [2.45, 2.75) is 45.3 Å². The van der Waals surface area contributed by atoms with Gasteiger partial charge < -0.3 is 4.74 Å². The number of hydrogen-bond donors (Lipinski definition) is 2. The first-order valence-electron chi connectivity index (χ1n) is 5.29. The van der Waals surface area contributed by atoms with Gasteiger partial charge in [0.25, 0.3) is 0 Å². The monoisotopic (exact) mass is 232 g/mol. The minimum Gasteiger partial charge on any atom is -0.443 e. The lowest BCUT2D eigenvalue weighted by Crippen LogP contribution is -2.47. The van der Waals surface area contributed by atoms with Crippen LogP contribution in [0.5, 0.6) is 0 Å². The quantitative estimate of drug-likeness (QED) is 0.714. The standard InChI is InChI=1S/C10H20N2O2S/c1-10(2,3)14-9(13)12-11-8-4-6-15-7-5-8/h8,11H,4-7H2,1-3H3,(H,12,13). The van der Waals surface area contributed by atoms with Crippen molar-refractivity contribution in [1.29, 1.82) is 0 Å². The second kappa shape index (κ2) is 5.61. The Hall–Kier alpha value is -0.420. The van der Waals surface area contributed by atoms with Crippen molar-refractivity contribution >= 4 is 17.9 Å². The summed E-state index contributed by atoms with van der Waals surface area (Å²) < 4.78 is 5.11. The van der Waals surface area contributed by atoms with Gasteiger partial charge in [0.1, 0.15) is 5.60 Å². The van der Waals surface area contributed by atoms with E-state index in [1.54, 1.807) is 0 Å². The Bertz CT molecular complexity index is 210. The summed E-state index contributed by atoms with van der Waals surface area (Å²) in [4.78, 5) is 11.3. The molecule has 0 aliphatic carbocycles. The Morgan fingerprint density at radius 1 is 1.33 bits per heavy atom. The third kappa shape index (κ3) is 5.89. The largest absolute Gasteiger partial charge is 0.443 e. The number of hydrazine groups is 1. The molecule has 0 atom stereocenters. The number of amides is 1. The fraction of sp³-hybridized carbons (Fsp3) is 0.900. The average molecular weight is 232 g/mol. The lowest BCUT2D eigenvalue weighted by molar-refractivity contribution is 0.0486. The number of thioether (sulfide) groups is 1. The van der Waals surface area contributed by atoms with Gasteiger partial charge in [0.15, 0.2) is 0 Å². The van der Waals surface area contributed by atoms with E-state index in [1.807, 2.05) is 32.5 Å². The van der Waals surface area contributed by atoms with Crippen molar-refractivity contribution in [3.05, 3.63) is 0 Å². The number of rotatable bonds is 2. The highest BCUT2D eigenvalue weighted by Gasteiger charge is 2.18. The molecule has 0 saturated carbocycles. The lowest BCUT2D eigenvalue weighted by Gasteiger charge is -2.24. The molecule has 0 aromatic carbocycles. The molecule has 15 heavy (non-hydrogen) atoms. The molecule has 4 nitrogen and oxygen atoms in total. The average Bonchev–Trinajstić information content (AvgIpc) is 2.14. The summed E-state index contributed by atoms with van der Waals surface area (Å²) in [6.07, 6.45) is 1.79. The summed E-state index contributed by atoms with van der Waals surface area (Å²) >= 11 is 1.96. The Kier molecular flexibility index (Phi) is 4.73. The zero-order valence-electron chi connectivity index (χ0n) is 9.63. The van der Waals surface area contributed by atoms with E-state index >= 15 is 0 Å². The smallest absolute Gasteiger partial charge is 0.422 e. The van der Waals surface area contributed by atoms with Gasteiger partial charge in [-0.1, -0.05) is 0 Å². The van der Waals surface area contributed by atoms with E-state index in [0.29, 0.717) is 6.04 Å². The maximum Gasteiger partial charge on any atom is 0.422 e. The van der Waals surface area contributed by atoms with Crippen molar-refractivity contribution in [1.82, 2.24) is 10.9 Å². The summed E-state index contributed by atoms with van der Waals surface area (Å²) in [5, 5.41) is 0. The fourth-order valence-electron chi connectivity index (χ4n) is 1.31. The van der Waals surface area contributed by atoms with Gasteiger partial charge in [0.05, 0.1) is 0 Å². The Morgan fingerprint density at radius 2 is 1.93 bits per heavy atom. The molecule has 0 unspecified atom stereocenters. The van der Waals surface area contributed by atoms with Gasteiger partial charge in [-0.2, -0.15) is 11.8 Å². The van der Waals surface area contributed by atoms with Crippen LogP contribution in [0.25, 0.3) is 0 Å². The lowest BCUT2D eigenvalue weighted by atomic mass is 10.2. The minimum absolute atomic E-state index is 0.388. The highest BCUT2D eigenvalue weighted by atomic mass is 32.2. The Labute approximate surface area is 95.5 Å². The number of carbonyl (C=O) groups excluding carboxylic acids is 1. The summed E-state index contributed by atoms with van der Waals surface area (Å²) in [6, 6.07) is 0.388. The van der Waals surface area contributed by atoms with Crippen molar-refractivity contribution in [2.75, 3.05) is 11.5 Å². The van der Waals surface area contributed by atoms with E-state index in [4.69, 9.17) is 4.74 Å². The molecule has 0 spiro atoms. The SMILES string of the molecule is CC(C)(C)OC(=O)NNC1CCSCC1. The number of ether oxygens (including phenoxy) is 1. The second-order valence-corrected chi connectivity index (χ2v) is 5.88. The molecule has 5 heteroatoms. The topological polar surface area (TPSA) is 50.4 Å². The Morgan fingerprint density at radius 3 is 2.47 bits per heavy atom. The number of nitrogens with one attached hydrogen (secondary N) is 2. The predicted octanol–water partition coefficient (Wildman–Crippen LogP) is 1.91. The molecule has 1 rings (SSSR count). The van der Waals surface area contributed by atoms with Crippen LogP contribution >= 0.6 is 11.8 Å².